The second-order valence-corrected chi connectivity index (χ2v) is 4.69. The number of anilines is 1. The van der Waals surface area contributed by atoms with E-state index in [1.807, 2.05) is 6.92 Å². The number of nitrogens with zero attached hydrogens (tertiary/aromatic N) is 2. The van der Waals surface area contributed by atoms with Crippen molar-refractivity contribution >= 4 is 11.8 Å². The molecule has 1 aromatic rings. The van der Waals surface area contributed by atoms with Crippen LogP contribution in [0.25, 0.3) is 0 Å². The van der Waals surface area contributed by atoms with E-state index in [2.05, 4.69) is 15.6 Å². The van der Waals surface area contributed by atoms with Crippen molar-refractivity contribution in [2.75, 3.05) is 5.32 Å². The Morgan fingerprint density at radius 3 is 2.82 bits per heavy atom. The average molecular weight is 236 g/mol. The van der Waals surface area contributed by atoms with Crippen LogP contribution in [0.15, 0.2) is 17.2 Å². The van der Waals surface area contributed by atoms with Gasteiger partial charge in [0.1, 0.15) is 0 Å². The van der Waals surface area contributed by atoms with Crippen LogP contribution in [0.2, 0.25) is 0 Å². The first-order valence-electron chi connectivity index (χ1n) is 5.61. The predicted molar refractivity (Wildman–Crippen MR) is 63.9 cm³/mol. The Morgan fingerprint density at radius 2 is 2.24 bits per heavy atom. The van der Waals surface area contributed by atoms with Gasteiger partial charge in [-0.15, -0.1) is 0 Å². The molecule has 0 atom stereocenters. The van der Waals surface area contributed by atoms with Crippen molar-refractivity contribution < 1.29 is 4.79 Å². The summed E-state index contributed by atoms with van der Waals surface area (Å²) in [6, 6.07) is -0.372. The number of hydrogen-bond acceptors (Lipinski definition) is 3. The van der Waals surface area contributed by atoms with Crippen LogP contribution in [0.4, 0.5) is 10.6 Å². The highest BCUT2D eigenvalue weighted by Gasteiger charge is 2.33. The molecule has 0 unspecified atom stereocenters. The Morgan fingerprint density at radius 1 is 1.53 bits per heavy atom. The molecule has 2 rings (SSSR count). The van der Waals surface area contributed by atoms with Gasteiger partial charge in [0.15, 0.2) is 0 Å². The van der Waals surface area contributed by atoms with Gasteiger partial charge in [-0.3, -0.25) is 10.1 Å². The van der Waals surface area contributed by atoms with Gasteiger partial charge in [0.05, 0.1) is 0 Å². The SMILES string of the molecule is Cn1ccnc(NC(=O)NC2(C)CCC2)c1=O. The molecule has 92 valence electrons. The molecule has 0 spiro atoms. The number of rotatable bonds is 2. The van der Waals surface area contributed by atoms with E-state index in [-0.39, 0.29) is 22.9 Å². The molecule has 0 aromatic carbocycles. The van der Waals surface area contributed by atoms with Crippen molar-refractivity contribution in [3.05, 3.63) is 22.7 Å². The third-order valence-corrected chi connectivity index (χ3v) is 3.12. The summed E-state index contributed by atoms with van der Waals surface area (Å²) in [7, 11) is 1.61. The van der Waals surface area contributed by atoms with Crippen molar-refractivity contribution in [3.8, 4) is 0 Å². The number of urea groups is 1. The first kappa shape index (κ1) is 11.6. The van der Waals surface area contributed by atoms with Crippen LogP contribution < -0.4 is 16.2 Å². The Bertz CT molecular complexity index is 490. The lowest BCUT2D eigenvalue weighted by Gasteiger charge is -2.38. The quantitative estimate of drug-likeness (QED) is 0.799. The van der Waals surface area contributed by atoms with E-state index in [4.69, 9.17) is 0 Å². The zero-order valence-electron chi connectivity index (χ0n) is 9.99. The molecule has 1 heterocycles. The summed E-state index contributed by atoms with van der Waals surface area (Å²) >= 11 is 0. The molecule has 2 N–H and O–H groups in total. The second kappa shape index (κ2) is 4.20. The molecule has 0 aliphatic heterocycles. The van der Waals surface area contributed by atoms with Crippen LogP contribution in [-0.2, 0) is 7.05 Å². The molecular formula is C11H16N4O2. The topological polar surface area (TPSA) is 76.0 Å². The molecule has 6 nitrogen and oxygen atoms in total. The number of carbonyl (C=O) groups excluding carboxylic acids is 1. The van der Waals surface area contributed by atoms with E-state index in [1.165, 1.54) is 10.8 Å². The second-order valence-electron chi connectivity index (χ2n) is 4.69. The molecule has 17 heavy (non-hydrogen) atoms. The first-order chi connectivity index (χ1) is 8.00. The van der Waals surface area contributed by atoms with Gasteiger partial charge in [-0.2, -0.15) is 0 Å². The molecular weight excluding hydrogens is 220 g/mol. The van der Waals surface area contributed by atoms with Crippen LogP contribution >= 0.6 is 0 Å². The summed E-state index contributed by atoms with van der Waals surface area (Å²) in [4.78, 5) is 27.1. The number of carbonyl (C=O) groups is 1. The van der Waals surface area contributed by atoms with Gasteiger partial charge < -0.3 is 9.88 Å². The van der Waals surface area contributed by atoms with Crippen molar-refractivity contribution in [1.29, 1.82) is 0 Å². The zero-order chi connectivity index (χ0) is 12.5. The lowest BCUT2D eigenvalue weighted by Crippen LogP contribution is -2.52. The summed E-state index contributed by atoms with van der Waals surface area (Å²) in [5.74, 6) is 0.0513. The van der Waals surface area contributed by atoms with Gasteiger partial charge in [0.25, 0.3) is 5.56 Å². The predicted octanol–water partition coefficient (Wildman–Crippen LogP) is 0.844. The molecule has 0 radical (unpaired) electrons. The van der Waals surface area contributed by atoms with Crippen molar-refractivity contribution in [1.82, 2.24) is 14.9 Å². The first-order valence-corrected chi connectivity index (χ1v) is 5.61. The number of aromatic nitrogens is 2. The van der Waals surface area contributed by atoms with Gasteiger partial charge in [-0.05, 0) is 26.2 Å². The minimum absolute atomic E-state index is 0.0513. The molecule has 1 fully saturated rings. The largest absolute Gasteiger partial charge is 0.333 e. The van der Waals surface area contributed by atoms with Crippen molar-refractivity contribution in [2.24, 2.45) is 7.05 Å². The Balaban J connectivity index is 2.03. The number of amides is 2. The van der Waals surface area contributed by atoms with Gasteiger partial charge in [0.2, 0.25) is 5.82 Å². The average Bonchev–Trinajstić information content (AvgIpc) is 2.22. The highest BCUT2D eigenvalue weighted by molar-refractivity contribution is 5.88. The Hall–Kier alpha value is -1.85. The summed E-state index contributed by atoms with van der Waals surface area (Å²) in [6.07, 6.45) is 6.09. The van der Waals surface area contributed by atoms with Gasteiger partial charge in [0, 0.05) is 25.0 Å². The normalized spacial score (nSPS) is 17.1. The van der Waals surface area contributed by atoms with E-state index in [0.717, 1.165) is 19.3 Å². The minimum atomic E-state index is -0.372. The molecule has 1 aromatic heterocycles. The van der Waals surface area contributed by atoms with Gasteiger partial charge in [-0.1, -0.05) is 0 Å². The maximum Gasteiger partial charge on any atom is 0.320 e. The lowest BCUT2D eigenvalue weighted by molar-refractivity contribution is 0.200. The summed E-state index contributed by atoms with van der Waals surface area (Å²) in [5.41, 5.74) is -0.453. The maximum atomic E-state index is 11.7. The van der Waals surface area contributed by atoms with Crippen LogP contribution in [0.1, 0.15) is 26.2 Å². The van der Waals surface area contributed by atoms with Crippen LogP contribution in [0.5, 0.6) is 0 Å². The fraction of sp³-hybridized carbons (Fsp3) is 0.545. The van der Waals surface area contributed by atoms with E-state index in [1.54, 1.807) is 13.2 Å². The molecule has 1 aliphatic carbocycles. The number of aryl methyl sites for hydroxylation is 1. The Kier molecular flexibility index (Phi) is 2.87. The van der Waals surface area contributed by atoms with Crippen LogP contribution in [-0.4, -0.2) is 21.1 Å². The van der Waals surface area contributed by atoms with Gasteiger partial charge in [-0.25, -0.2) is 9.78 Å². The number of nitrogens with one attached hydrogen (secondary N) is 2. The highest BCUT2D eigenvalue weighted by atomic mass is 16.2. The molecule has 1 saturated carbocycles. The monoisotopic (exact) mass is 236 g/mol. The van der Waals surface area contributed by atoms with E-state index in [0.29, 0.717) is 0 Å². The summed E-state index contributed by atoms with van der Waals surface area (Å²) < 4.78 is 1.37. The standard InChI is InChI=1S/C11H16N4O2/c1-11(4-3-5-11)14-10(17)13-8-9(16)15(2)7-6-12-8/h6-7H,3-5H2,1-2H3,(H2,12,13,14,17). The third kappa shape index (κ3) is 2.46. The van der Waals surface area contributed by atoms with Crippen molar-refractivity contribution in [3.63, 3.8) is 0 Å². The fourth-order valence-electron chi connectivity index (χ4n) is 1.83. The summed E-state index contributed by atoms with van der Waals surface area (Å²) in [5, 5.41) is 5.33. The van der Waals surface area contributed by atoms with E-state index < -0.39 is 0 Å². The third-order valence-electron chi connectivity index (χ3n) is 3.12. The maximum absolute atomic E-state index is 11.7. The molecule has 0 saturated heterocycles. The minimum Gasteiger partial charge on any atom is -0.333 e. The molecule has 2 amide bonds. The zero-order valence-corrected chi connectivity index (χ0v) is 9.99. The van der Waals surface area contributed by atoms with Crippen LogP contribution in [0.3, 0.4) is 0 Å². The Labute approximate surface area is 99.1 Å². The highest BCUT2D eigenvalue weighted by Crippen LogP contribution is 2.30. The van der Waals surface area contributed by atoms with E-state index >= 15 is 0 Å². The van der Waals surface area contributed by atoms with Gasteiger partial charge >= 0.3 is 6.03 Å². The lowest BCUT2D eigenvalue weighted by atomic mass is 9.79. The molecule has 1 aliphatic rings. The van der Waals surface area contributed by atoms with Crippen LogP contribution in [0, 0.1) is 0 Å². The molecule has 6 heteroatoms. The van der Waals surface area contributed by atoms with E-state index in [9.17, 15) is 9.59 Å². The fourth-order valence-corrected chi connectivity index (χ4v) is 1.83. The van der Waals surface area contributed by atoms with Crippen molar-refractivity contribution in [2.45, 2.75) is 31.7 Å². The smallest absolute Gasteiger partial charge is 0.320 e. The molecule has 0 bridgehead atoms. The summed E-state index contributed by atoms with van der Waals surface area (Å²) in [6.45, 7) is 1.99. The number of hydrogen-bond donors (Lipinski definition) is 2.